The van der Waals surface area contributed by atoms with Crippen LogP contribution in [0.25, 0.3) is 11.6 Å². The summed E-state index contributed by atoms with van der Waals surface area (Å²) in [6.45, 7) is 1.89. The Balaban J connectivity index is 2.25. The average molecular weight is 438 g/mol. The van der Waals surface area contributed by atoms with Crippen LogP contribution in [0.1, 0.15) is 16.7 Å². The third kappa shape index (κ3) is 2.70. The van der Waals surface area contributed by atoms with Crippen LogP contribution in [0.5, 0.6) is 0 Å². The molecule has 5 nitrogen and oxygen atoms in total. The number of carbonyl (C=O) groups is 1. The molecular weight excluding hydrogens is 428 g/mol. The minimum Gasteiger partial charge on any atom is -0.320 e. The number of hydrogen-bond donors (Lipinski definition) is 1. The first-order chi connectivity index (χ1) is 10.9. The highest BCUT2D eigenvalue weighted by Crippen LogP contribution is 2.43. The summed E-state index contributed by atoms with van der Waals surface area (Å²) in [6, 6.07) is 8.21. The molecule has 0 aromatic heterocycles. The largest absolute Gasteiger partial charge is 0.320 e. The zero-order valence-corrected chi connectivity index (χ0v) is 15.1. The van der Waals surface area contributed by atoms with Crippen molar-refractivity contribution >= 4 is 60.8 Å². The minimum atomic E-state index is -0.455. The molecule has 116 valence electrons. The van der Waals surface area contributed by atoms with Crippen LogP contribution in [0.2, 0.25) is 0 Å². The Labute approximate surface area is 148 Å². The Kier molecular flexibility index (Phi) is 4.08. The summed E-state index contributed by atoms with van der Waals surface area (Å²) >= 11 is 6.90. The predicted molar refractivity (Wildman–Crippen MR) is 96.2 cm³/mol. The maximum atomic E-state index is 12.3. The molecule has 2 aromatic rings. The van der Waals surface area contributed by atoms with Gasteiger partial charge in [0, 0.05) is 20.6 Å². The van der Waals surface area contributed by atoms with Gasteiger partial charge < -0.3 is 5.32 Å². The van der Waals surface area contributed by atoms with Gasteiger partial charge in [-0.3, -0.25) is 14.9 Å². The van der Waals surface area contributed by atoms with Crippen LogP contribution in [-0.4, -0.2) is 10.8 Å². The topological polar surface area (TPSA) is 72.2 Å². The average Bonchev–Trinajstić information content (AvgIpc) is 2.83. The Morgan fingerprint density at radius 2 is 1.91 bits per heavy atom. The Morgan fingerprint density at radius 1 is 1.22 bits per heavy atom. The van der Waals surface area contributed by atoms with Crippen molar-refractivity contribution in [2.24, 2.45) is 0 Å². The first-order valence-electron chi connectivity index (χ1n) is 6.65. The number of anilines is 1. The third-order valence-electron chi connectivity index (χ3n) is 3.66. The van der Waals surface area contributed by atoms with Gasteiger partial charge in [-0.15, -0.1) is 0 Å². The van der Waals surface area contributed by atoms with Crippen molar-refractivity contribution in [1.82, 2.24) is 0 Å². The molecule has 0 aliphatic carbocycles. The SMILES string of the molecule is Cc1c(Br)cc(Br)c2c1C(=Cc1ccccc1[N+](=O)[O-])C(=O)N2. The van der Waals surface area contributed by atoms with E-state index in [1.165, 1.54) is 6.07 Å². The summed E-state index contributed by atoms with van der Waals surface area (Å²) in [5.74, 6) is -0.278. The summed E-state index contributed by atoms with van der Waals surface area (Å²) < 4.78 is 1.61. The first-order valence-corrected chi connectivity index (χ1v) is 8.24. The lowest BCUT2D eigenvalue weighted by Gasteiger charge is -2.08. The van der Waals surface area contributed by atoms with Crippen molar-refractivity contribution in [2.45, 2.75) is 6.92 Å². The second-order valence-electron chi connectivity index (χ2n) is 5.04. The third-order valence-corrected chi connectivity index (χ3v) is 5.11. The van der Waals surface area contributed by atoms with E-state index in [0.29, 0.717) is 16.8 Å². The molecule has 0 atom stereocenters. The summed E-state index contributed by atoms with van der Waals surface area (Å²) in [4.78, 5) is 23.1. The number of fused-ring (bicyclic) bond motifs is 1. The summed E-state index contributed by atoms with van der Waals surface area (Å²) in [7, 11) is 0. The van der Waals surface area contributed by atoms with E-state index < -0.39 is 4.92 Å². The molecule has 2 aromatic carbocycles. The standard InChI is InChI=1S/C16H10Br2N2O3/c1-8-11(17)7-12(18)15-14(8)10(16(21)19-15)6-9-4-2-3-5-13(9)20(22)23/h2-7H,1H3,(H,19,21). The van der Waals surface area contributed by atoms with Gasteiger partial charge in [-0.1, -0.05) is 28.1 Å². The zero-order valence-electron chi connectivity index (χ0n) is 11.9. The molecule has 23 heavy (non-hydrogen) atoms. The van der Waals surface area contributed by atoms with Crippen LogP contribution in [0.4, 0.5) is 11.4 Å². The van der Waals surface area contributed by atoms with Crippen LogP contribution in [0.3, 0.4) is 0 Å². The maximum absolute atomic E-state index is 12.3. The fourth-order valence-electron chi connectivity index (χ4n) is 2.54. The molecule has 0 saturated carbocycles. The fraction of sp³-hybridized carbons (Fsp3) is 0.0625. The lowest BCUT2D eigenvalue weighted by molar-refractivity contribution is -0.385. The normalized spacial score (nSPS) is 14.7. The molecule has 0 bridgehead atoms. The van der Waals surface area contributed by atoms with Gasteiger partial charge in [-0.2, -0.15) is 0 Å². The summed E-state index contributed by atoms with van der Waals surface area (Å²) in [5, 5.41) is 14.0. The van der Waals surface area contributed by atoms with Crippen molar-refractivity contribution in [2.75, 3.05) is 5.32 Å². The number of nitrogens with zero attached hydrogens (tertiary/aromatic N) is 1. The number of hydrogen-bond acceptors (Lipinski definition) is 3. The number of halogens is 2. The van der Waals surface area contributed by atoms with E-state index in [4.69, 9.17) is 0 Å². The molecule has 0 spiro atoms. The molecule has 3 rings (SSSR count). The van der Waals surface area contributed by atoms with E-state index in [0.717, 1.165) is 20.1 Å². The highest BCUT2D eigenvalue weighted by molar-refractivity contribution is 9.11. The molecule has 7 heteroatoms. The van der Waals surface area contributed by atoms with Gasteiger partial charge in [0.2, 0.25) is 0 Å². The molecule has 1 heterocycles. The second-order valence-corrected chi connectivity index (χ2v) is 6.75. The molecule has 1 aliphatic heterocycles. The van der Waals surface area contributed by atoms with Crippen molar-refractivity contribution in [3.63, 3.8) is 0 Å². The highest BCUT2D eigenvalue weighted by Gasteiger charge is 2.29. The van der Waals surface area contributed by atoms with Crippen LogP contribution in [0.15, 0.2) is 39.3 Å². The smallest absolute Gasteiger partial charge is 0.276 e. The van der Waals surface area contributed by atoms with E-state index >= 15 is 0 Å². The Hall–Kier alpha value is -1.99. The van der Waals surface area contributed by atoms with E-state index in [2.05, 4.69) is 37.2 Å². The van der Waals surface area contributed by atoms with E-state index in [1.54, 1.807) is 24.3 Å². The predicted octanol–water partition coefficient (Wildman–Crippen LogP) is 4.92. The minimum absolute atomic E-state index is 0.0343. The summed E-state index contributed by atoms with van der Waals surface area (Å²) in [6.07, 6.45) is 1.56. The molecule has 1 N–H and O–H groups in total. The maximum Gasteiger partial charge on any atom is 0.276 e. The monoisotopic (exact) mass is 436 g/mol. The molecule has 0 saturated heterocycles. The molecule has 0 unspecified atom stereocenters. The van der Waals surface area contributed by atoms with Gasteiger partial charge in [0.15, 0.2) is 0 Å². The zero-order chi connectivity index (χ0) is 16.7. The quantitative estimate of drug-likeness (QED) is 0.411. The highest BCUT2D eigenvalue weighted by atomic mass is 79.9. The molecule has 1 aliphatic rings. The lowest BCUT2D eigenvalue weighted by Crippen LogP contribution is -2.04. The lowest BCUT2D eigenvalue weighted by atomic mass is 9.99. The molecule has 0 radical (unpaired) electrons. The number of carbonyl (C=O) groups excluding carboxylic acids is 1. The van der Waals surface area contributed by atoms with Gasteiger partial charge in [0.05, 0.1) is 21.7 Å². The van der Waals surface area contributed by atoms with Crippen LogP contribution in [-0.2, 0) is 4.79 Å². The number of nitrogens with one attached hydrogen (secondary N) is 1. The first kappa shape index (κ1) is 15.9. The van der Waals surface area contributed by atoms with Crippen LogP contribution < -0.4 is 5.32 Å². The van der Waals surface area contributed by atoms with Crippen molar-refractivity contribution in [3.05, 3.63) is 66.1 Å². The summed E-state index contributed by atoms with van der Waals surface area (Å²) in [5.41, 5.74) is 3.09. The number of nitro groups is 1. The molecular formula is C16H10Br2N2O3. The van der Waals surface area contributed by atoms with Crippen molar-refractivity contribution in [1.29, 1.82) is 0 Å². The second kappa shape index (κ2) is 5.90. The van der Waals surface area contributed by atoms with Crippen LogP contribution in [0, 0.1) is 17.0 Å². The Bertz CT molecular complexity index is 891. The van der Waals surface area contributed by atoms with Crippen LogP contribution >= 0.6 is 31.9 Å². The van der Waals surface area contributed by atoms with Gasteiger partial charge >= 0.3 is 0 Å². The number of benzene rings is 2. The Morgan fingerprint density at radius 3 is 2.61 bits per heavy atom. The van der Waals surface area contributed by atoms with Crippen molar-refractivity contribution in [3.8, 4) is 0 Å². The van der Waals surface area contributed by atoms with E-state index in [9.17, 15) is 14.9 Å². The van der Waals surface area contributed by atoms with Gasteiger partial charge in [-0.25, -0.2) is 0 Å². The number of nitro benzene ring substituents is 1. The van der Waals surface area contributed by atoms with E-state index in [1.807, 2.05) is 13.0 Å². The van der Waals surface area contributed by atoms with Crippen molar-refractivity contribution < 1.29 is 9.72 Å². The number of amides is 1. The van der Waals surface area contributed by atoms with Gasteiger partial charge in [0.1, 0.15) is 0 Å². The number of para-hydroxylation sites is 1. The van der Waals surface area contributed by atoms with Gasteiger partial charge in [-0.05, 0) is 46.6 Å². The molecule has 1 amide bonds. The fourth-order valence-corrected chi connectivity index (χ4v) is 3.80. The number of rotatable bonds is 2. The van der Waals surface area contributed by atoms with E-state index in [-0.39, 0.29) is 11.6 Å². The van der Waals surface area contributed by atoms with Gasteiger partial charge in [0.25, 0.3) is 11.6 Å². The molecule has 0 fully saturated rings.